The summed E-state index contributed by atoms with van der Waals surface area (Å²) in [7, 11) is 0. The van der Waals surface area contributed by atoms with Crippen LogP contribution in [0.1, 0.15) is 24.2 Å². The number of aliphatic carboxylic acids is 1. The molecule has 0 saturated heterocycles. The molecule has 92 valence electrons. The van der Waals surface area contributed by atoms with Crippen LogP contribution >= 0.6 is 15.9 Å². The Hall–Kier alpha value is -1.36. The zero-order chi connectivity index (χ0) is 13.1. The summed E-state index contributed by atoms with van der Waals surface area (Å²) in [5, 5.41) is 11.5. The zero-order valence-corrected chi connectivity index (χ0v) is 11.2. The SMILES string of the molecule is CC(C)(CNC(=O)c1ccc(Br)cc1)C(=O)O. The van der Waals surface area contributed by atoms with Crippen LogP contribution < -0.4 is 5.32 Å². The van der Waals surface area contributed by atoms with Gasteiger partial charge in [-0.3, -0.25) is 9.59 Å². The normalized spacial score (nSPS) is 11.0. The minimum Gasteiger partial charge on any atom is -0.481 e. The van der Waals surface area contributed by atoms with E-state index in [1.165, 1.54) is 0 Å². The van der Waals surface area contributed by atoms with Crippen LogP contribution in [-0.4, -0.2) is 23.5 Å². The van der Waals surface area contributed by atoms with E-state index in [9.17, 15) is 9.59 Å². The second-order valence-electron chi connectivity index (χ2n) is 4.38. The van der Waals surface area contributed by atoms with Gasteiger partial charge < -0.3 is 10.4 Å². The molecule has 0 fully saturated rings. The first kappa shape index (κ1) is 13.7. The van der Waals surface area contributed by atoms with Gasteiger partial charge in [0.15, 0.2) is 0 Å². The zero-order valence-electron chi connectivity index (χ0n) is 9.66. The molecule has 2 N–H and O–H groups in total. The molecule has 5 heteroatoms. The molecule has 0 aliphatic carbocycles. The molecule has 0 atom stereocenters. The molecule has 1 aromatic carbocycles. The van der Waals surface area contributed by atoms with E-state index in [1.54, 1.807) is 38.1 Å². The van der Waals surface area contributed by atoms with Crippen molar-refractivity contribution in [1.29, 1.82) is 0 Å². The molecule has 1 rings (SSSR count). The van der Waals surface area contributed by atoms with Crippen LogP contribution in [0, 0.1) is 5.41 Å². The highest BCUT2D eigenvalue weighted by Gasteiger charge is 2.27. The minimum atomic E-state index is -0.967. The maximum Gasteiger partial charge on any atom is 0.310 e. The van der Waals surface area contributed by atoms with Crippen molar-refractivity contribution in [2.45, 2.75) is 13.8 Å². The lowest BCUT2D eigenvalue weighted by Gasteiger charge is -2.19. The number of carbonyl (C=O) groups excluding carboxylic acids is 1. The molecule has 0 spiro atoms. The minimum absolute atomic E-state index is 0.0945. The first-order valence-corrected chi connectivity index (χ1v) is 5.89. The molecule has 0 radical (unpaired) electrons. The van der Waals surface area contributed by atoms with E-state index in [0.717, 1.165) is 4.47 Å². The molecule has 0 aliphatic rings. The summed E-state index contributed by atoms with van der Waals surface area (Å²) in [4.78, 5) is 22.6. The molecule has 0 aliphatic heterocycles. The molecule has 0 saturated carbocycles. The van der Waals surface area contributed by atoms with Crippen LogP contribution in [-0.2, 0) is 4.79 Å². The maximum absolute atomic E-state index is 11.7. The highest BCUT2D eigenvalue weighted by Crippen LogP contribution is 2.14. The van der Waals surface area contributed by atoms with E-state index in [2.05, 4.69) is 21.2 Å². The average Bonchev–Trinajstić information content (AvgIpc) is 2.27. The lowest BCUT2D eigenvalue weighted by molar-refractivity contribution is -0.146. The highest BCUT2D eigenvalue weighted by atomic mass is 79.9. The summed E-state index contributed by atoms with van der Waals surface area (Å²) >= 11 is 3.27. The van der Waals surface area contributed by atoms with Gasteiger partial charge in [0.2, 0.25) is 0 Å². The highest BCUT2D eigenvalue weighted by molar-refractivity contribution is 9.10. The van der Waals surface area contributed by atoms with Gasteiger partial charge in [-0.15, -0.1) is 0 Å². The predicted molar refractivity (Wildman–Crippen MR) is 67.9 cm³/mol. The van der Waals surface area contributed by atoms with Crippen molar-refractivity contribution in [2.75, 3.05) is 6.54 Å². The maximum atomic E-state index is 11.7. The number of halogens is 1. The van der Waals surface area contributed by atoms with Crippen molar-refractivity contribution in [1.82, 2.24) is 5.32 Å². The lowest BCUT2D eigenvalue weighted by atomic mass is 9.94. The third kappa shape index (κ3) is 3.85. The van der Waals surface area contributed by atoms with Gasteiger partial charge in [0.1, 0.15) is 0 Å². The van der Waals surface area contributed by atoms with Crippen molar-refractivity contribution >= 4 is 27.8 Å². The van der Waals surface area contributed by atoms with Gasteiger partial charge in [0.25, 0.3) is 5.91 Å². The van der Waals surface area contributed by atoms with Crippen LogP contribution in [0.5, 0.6) is 0 Å². The molecule has 0 unspecified atom stereocenters. The van der Waals surface area contributed by atoms with Crippen LogP contribution in [0.25, 0.3) is 0 Å². The van der Waals surface area contributed by atoms with Crippen molar-refractivity contribution in [2.24, 2.45) is 5.41 Å². The number of hydrogen-bond donors (Lipinski definition) is 2. The van der Waals surface area contributed by atoms with Gasteiger partial charge >= 0.3 is 5.97 Å². The van der Waals surface area contributed by atoms with E-state index in [-0.39, 0.29) is 12.5 Å². The van der Waals surface area contributed by atoms with E-state index in [0.29, 0.717) is 5.56 Å². The number of carboxylic acid groups (broad SMARTS) is 1. The summed E-state index contributed by atoms with van der Waals surface area (Å²) in [6, 6.07) is 6.87. The Labute approximate surface area is 108 Å². The van der Waals surface area contributed by atoms with Crippen molar-refractivity contribution in [3.63, 3.8) is 0 Å². The van der Waals surface area contributed by atoms with Gasteiger partial charge in [-0.2, -0.15) is 0 Å². The Kier molecular flexibility index (Phi) is 4.28. The Balaban J connectivity index is 2.62. The first-order chi connectivity index (χ1) is 7.83. The van der Waals surface area contributed by atoms with Crippen molar-refractivity contribution < 1.29 is 14.7 Å². The monoisotopic (exact) mass is 299 g/mol. The van der Waals surface area contributed by atoms with Crippen LogP contribution in [0.3, 0.4) is 0 Å². The summed E-state index contributed by atoms with van der Waals surface area (Å²) < 4.78 is 0.889. The lowest BCUT2D eigenvalue weighted by Crippen LogP contribution is -2.38. The van der Waals surface area contributed by atoms with E-state index in [1.807, 2.05) is 0 Å². The molecule has 17 heavy (non-hydrogen) atoms. The van der Waals surface area contributed by atoms with Crippen molar-refractivity contribution in [3.8, 4) is 0 Å². The van der Waals surface area contributed by atoms with Gasteiger partial charge in [-0.1, -0.05) is 15.9 Å². The number of carbonyl (C=O) groups is 2. The largest absolute Gasteiger partial charge is 0.481 e. The number of hydrogen-bond acceptors (Lipinski definition) is 2. The fourth-order valence-electron chi connectivity index (χ4n) is 1.08. The van der Waals surface area contributed by atoms with Gasteiger partial charge in [-0.05, 0) is 38.1 Å². The molecular weight excluding hydrogens is 286 g/mol. The van der Waals surface area contributed by atoms with E-state index < -0.39 is 11.4 Å². The van der Waals surface area contributed by atoms with E-state index in [4.69, 9.17) is 5.11 Å². The smallest absolute Gasteiger partial charge is 0.310 e. The number of benzene rings is 1. The molecule has 0 aromatic heterocycles. The second kappa shape index (κ2) is 5.31. The number of amides is 1. The van der Waals surface area contributed by atoms with Crippen LogP contribution in [0.4, 0.5) is 0 Å². The van der Waals surface area contributed by atoms with Crippen LogP contribution in [0.15, 0.2) is 28.7 Å². The van der Waals surface area contributed by atoms with Gasteiger partial charge in [-0.25, -0.2) is 0 Å². The fraction of sp³-hybridized carbons (Fsp3) is 0.333. The Bertz CT molecular complexity index is 426. The van der Waals surface area contributed by atoms with Gasteiger partial charge in [0, 0.05) is 16.6 Å². The average molecular weight is 300 g/mol. The summed E-state index contributed by atoms with van der Waals surface area (Å²) in [6.07, 6.45) is 0. The Morgan fingerprint density at radius 1 is 1.29 bits per heavy atom. The van der Waals surface area contributed by atoms with Gasteiger partial charge in [0.05, 0.1) is 5.41 Å². The number of carboxylic acids is 1. The fourth-order valence-corrected chi connectivity index (χ4v) is 1.34. The number of nitrogens with one attached hydrogen (secondary N) is 1. The standard InChI is InChI=1S/C12H14BrNO3/c1-12(2,11(16)17)7-14-10(15)8-3-5-9(13)6-4-8/h3-6H,7H2,1-2H3,(H,14,15)(H,16,17). The quantitative estimate of drug-likeness (QED) is 0.896. The summed E-state index contributed by atoms with van der Waals surface area (Å²) in [5.74, 6) is -1.21. The first-order valence-electron chi connectivity index (χ1n) is 5.10. The molecule has 0 heterocycles. The third-order valence-electron chi connectivity index (χ3n) is 2.38. The van der Waals surface area contributed by atoms with Crippen LogP contribution in [0.2, 0.25) is 0 Å². The topological polar surface area (TPSA) is 66.4 Å². The third-order valence-corrected chi connectivity index (χ3v) is 2.90. The number of rotatable bonds is 4. The molecular formula is C12H14BrNO3. The Morgan fingerprint density at radius 3 is 2.29 bits per heavy atom. The molecule has 4 nitrogen and oxygen atoms in total. The van der Waals surface area contributed by atoms with Crippen molar-refractivity contribution in [3.05, 3.63) is 34.3 Å². The molecule has 0 bridgehead atoms. The summed E-state index contributed by atoms with van der Waals surface area (Å²) in [6.45, 7) is 3.23. The molecule has 1 amide bonds. The molecule has 1 aromatic rings. The second-order valence-corrected chi connectivity index (χ2v) is 5.29. The summed E-state index contributed by atoms with van der Waals surface area (Å²) in [5.41, 5.74) is -0.459. The Morgan fingerprint density at radius 2 is 1.82 bits per heavy atom. The predicted octanol–water partition coefficient (Wildman–Crippen LogP) is 2.29. The van der Waals surface area contributed by atoms with E-state index >= 15 is 0 Å².